The first kappa shape index (κ1) is 43.8. The number of nitrogens with one attached hydrogen (secondary N) is 1. The van der Waals surface area contributed by atoms with Crippen LogP contribution in [0.25, 0.3) is 33.1 Å². The lowest BCUT2D eigenvalue weighted by molar-refractivity contribution is -0.643. The average Bonchev–Trinajstić information content (AvgIpc) is 3.10. The molecule has 0 aliphatic heterocycles. The van der Waals surface area contributed by atoms with E-state index in [1.807, 2.05) is 0 Å². The molecule has 0 fully saturated rings. The van der Waals surface area contributed by atoms with E-state index in [9.17, 15) is 55.1 Å². The zero-order chi connectivity index (χ0) is 42.3. The standard InChI is InChI=1S/C16H22F3N5O.C8H3ClF3N3O.C8H5F3N4O/c1-3-8-23(9-4-2)10-7-20-15-21-13-11-12(16(17,18)19)5-6-14(13)24(25)22-15;9-7-13-5-3-4(8(10,11)12)1-2-6(5)15(16)14-7;9-8(10,11)4-1-2-6-5(3-4)13-7(12)14-15(6)16/h5-6,11H,3-4,7-10H2,1-2H3,(H,20,21,22);1-3H;1-3H,(H2,12,13,14). The molecule has 15 nitrogen and oxygen atoms in total. The number of nitrogens with zero attached hydrogens (tertiary/aromatic N) is 10. The van der Waals surface area contributed by atoms with Crippen molar-refractivity contribution in [2.75, 3.05) is 37.2 Å². The van der Waals surface area contributed by atoms with Crippen molar-refractivity contribution in [3.63, 3.8) is 0 Å². The number of alkyl halides is 9. The Balaban J connectivity index is 0.000000197. The maximum Gasteiger partial charge on any atom is 0.416 e. The molecular weight excluding hydrogens is 807 g/mol. The molecule has 0 atom stereocenters. The van der Waals surface area contributed by atoms with Crippen molar-refractivity contribution in [3.8, 4) is 0 Å². The largest absolute Gasteiger partial charge is 0.594 e. The van der Waals surface area contributed by atoms with Crippen LogP contribution in [-0.4, -0.2) is 61.3 Å². The Labute approximate surface area is 320 Å². The van der Waals surface area contributed by atoms with E-state index in [4.69, 9.17) is 17.3 Å². The van der Waals surface area contributed by atoms with E-state index in [2.05, 4.69) is 54.3 Å². The van der Waals surface area contributed by atoms with Crippen LogP contribution >= 0.6 is 11.6 Å². The molecule has 0 saturated heterocycles. The van der Waals surface area contributed by atoms with E-state index in [-0.39, 0.29) is 54.7 Å². The lowest BCUT2D eigenvalue weighted by atomic mass is 10.2. The van der Waals surface area contributed by atoms with Crippen LogP contribution in [0.3, 0.4) is 0 Å². The average molecular weight is 837 g/mol. The molecule has 0 radical (unpaired) electrons. The van der Waals surface area contributed by atoms with Crippen LogP contribution in [0.4, 0.5) is 51.4 Å². The topological polar surface area (TPSA) is 199 Å². The van der Waals surface area contributed by atoms with Gasteiger partial charge in [0.2, 0.25) is 0 Å². The van der Waals surface area contributed by atoms with Gasteiger partial charge in [-0.05, 0) is 88.5 Å². The van der Waals surface area contributed by atoms with E-state index in [1.54, 1.807) is 0 Å². The highest BCUT2D eigenvalue weighted by molar-refractivity contribution is 6.28. The van der Waals surface area contributed by atoms with Crippen LogP contribution in [-0.2, 0) is 18.5 Å². The van der Waals surface area contributed by atoms with Crippen LogP contribution in [0.5, 0.6) is 0 Å². The van der Waals surface area contributed by atoms with Crippen molar-refractivity contribution in [3.05, 3.63) is 92.2 Å². The van der Waals surface area contributed by atoms with Gasteiger partial charge in [0.15, 0.2) is 0 Å². The maximum atomic E-state index is 12.8. The molecule has 25 heteroatoms. The molecule has 0 aliphatic carbocycles. The molecule has 6 rings (SSSR count). The van der Waals surface area contributed by atoms with Crippen LogP contribution < -0.4 is 25.6 Å². The first-order chi connectivity index (χ1) is 26.6. The van der Waals surface area contributed by atoms with Crippen LogP contribution in [0, 0.1) is 15.6 Å². The first-order valence-corrected chi connectivity index (χ1v) is 16.8. The zero-order valence-electron chi connectivity index (χ0n) is 29.5. The van der Waals surface area contributed by atoms with Crippen molar-refractivity contribution in [1.29, 1.82) is 0 Å². The van der Waals surface area contributed by atoms with Crippen LogP contribution in [0.15, 0.2) is 54.6 Å². The molecule has 6 aromatic rings. The molecule has 0 aliphatic rings. The third-order valence-corrected chi connectivity index (χ3v) is 7.70. The van der Waals surface area contributed by atoms with E-state index >= 15 is 0 Å². The lowest BCUT2D eigenvalue weighted by Crippen LogP contribution is -2.35. The quantitative estimate of drug-likeness (QED) is 0.109. The molecule has 0 saturated carbocycles. The van der Waals surface area contributed by atoms with Crippen molar-refractivity contribution in [2.24, 2.45) is 0 Å². The van der Waals surface area contributed by atoms with E-state index in [0.717, 1.165) is 87.1 Å². The fraction of sp³-hybridized carbons (Fsp3) is 0.344. The van der Waals surface area contributed by atoms with Gasteiger partial charge in [0, 0.05) is 36.4 Å². The Morgan fingerprint density at radius 3 is 1.46 bits per heavy atom. The second-order valence-electron chi connectivity index (χ2n) is 11.8. The summed E-state index contributed by atoms with van der Waals surface area (Å²) in [5.41, 5.74) is 2.06. The summed E-state index contributed by atoms with van der Waals surface area (Å²) in [6.45, 7) is 7.37. The van der Waals surface area contributed by atoms with Gasteiger partial charge in [-0.2, -0.15) is 39.5 Å². The van der Waals surface area contributed by atoms with Gasteiger partial charge in [-0.1, -0.05) is 13.8 Å². The zero-order valence-corrected chi connectivity index (χ0v) is 30.2. The SMILES string of the molecule is CCCN(CCC)CCNc1nc2cc(C(F)(F)F)ccc2[n+]([O-])n1.Nc1nc2cc(C(F)(F)F)ccc2[n+]([O-])n1.[O-][n+]1nc(Cl)nc2cc(C(F)(F)F)ccc21. The Morgan fingerprint density at radius 2 is 1.02 bits per heavy atom. The molecule has 0 amide bonds. The normalized spacial score (nSPS) is 12.0. The first-order valence-electron chi connectivity index (χ1n) is 16.4. The molecule has 3 aromatic heterocycles. The van der Waals surface area contributed by atoms with Gasteiger partial charge in [-0.3, -0.25) is 0 Å². The predicted molar refractivity (Wildman–Crippen MR) is 185 cm³/mol. The number of rotatable bonds is 8. The number of hydrogen-bond acceptors (Lipinski definition) is 12. The number of nitrogens with two attached hydrogens (primary N) is 1. The molecule has 3 aromatic carbocycles. The minimum atomic E-state index is -4.49. The lowest BCUT2D eigenvalue weighted by Gasteiger charge is -2.20. The molecular formula is C32H30ClF9N12O3. The second-order valence-corrected chi connectivity index (χ2v) is 12.1. The van der Waals surface area contributed by atoms with Crippen molar-refractivity contribution in [2.45, 2.75) is 45.2 Å². The van der Waals surface area contributed by atoms with E-state index in [1.165, 1.54) is 0 Å². The third-order valence-electron chi connectivity index (χ3n) is 7.54. The molecule has 57 heavy (non-hydrogen) atoms. The van der Waals surface area contributed by atoms with Gasteiger partial charge < -0.3 is 31.6 Å². The number of hydrogen-bond donors (Lipinski definition) is 2. The maximum absolute atomic E-state index is 12.8. The summed E-state index contributed by atoms with van der Waals surface area (Å²) in [5.74, 6) is -0.350. The highest BCUT2D eigenvalue weighted by atomic mass is 35.5. The van der Waals surface area contributed by atoms with Crippen LogP contribution in [0.2, 0.25) is 5.28 Å². The fourth-order valence-electron chi connectivity index (χ4n) is 5.04. The molecule has 3 N–H and O–H groups in total. The highest BCUT2D eigenvalue weighted by Crippen LogP contribution is 2.32. The van der Waals surface area contributed by atoms with Gasteiger partial charge in [-0.15, -0.1) is 0 Å². The molecule has 306 valence electrons. The van der Waals surface area contributed by atoms with Gasteiger partial charge in [-0.25, -0.2) is 15.0 Å². The number of aromatic nitrogens is 9. The number of nitrogen functional groups attached to an aromatic ring is 1. The fourth-order valence-corrected chi connectivity index (χ4v) is 5.20. The summed E-state index contributed by atoms with van der Waals surface area (Å²) >= 11 is 5.37. The van der Waals surface area contributed by atoms with Gasteiger partial charge in [0.1, 0.15) is 16.6 Å². The molecule has 0 spiro atoms. The molecule has 3 heterocycles. The summed E-state index contributed by atoms with van der Waals surface area (Å²) in [7, 11) is 0. The minimum Gasteiger partial charge on any atom is -0.594 e. The monoisotopic (exact) mass is 836 g/mol. The summed E-state index contributed by atoms with van der Waals surface area (Å²) in [4.78, 5) is 14.0. The third kappa shape index (κ3) is 11.8. The molecule has 0 bridgehead atoms. The summed E-state index contributed by atoms with van der Waals surface area (Å²) in [5, 5.41) is 46.9. The van der Waals surface area contributed by atoms with E-state index < -0.39 is 40.5 Å². The summed E-state index contributed by atoms with van der Waals surface area (Å²) < 4.78 is 113. The van der Waals surface area contributed by atoms with Gasteiger partial charge >= 0.3 is 18.5 Å². The van der Waals surface area contributed by atoms with Crippen molar-refractivity contribution in [1.82, 2.24) is 35.1 Å². The Bertz CT molecular complexity index is 2230. The smallest absolute Gasteiger partial charge is 0.416 e. The van der Waals surface area contributed by atoms with Gasteiger partial charge in [0.05, 0.1) is 26.9 Å². The van der Waals surface area contributed by atoms with Gasteiger partial charge in [0.25, 0.3) is 33.7 Å². The molecule has 0 unspecified atom stereocenters. The number of anilines is 2. The Hall–Kier alpha value is -5.91. The second kappa shape index (κ2) is 17.9. The van der Waals surface area contributed by atoms with Crippen molar-refractivity contribution < 1.29 is 54.0 Å². The van der Waals surface area contributed by atoms with Crippen molar-refractivity contribution >= 4 is 56.6 Å². The van der Waals surface area contributed by atoms with Crippen LogP contribution in [0.1, 0.15) is 43.4 Å². The summed E-state index contributed by atoms with van der Waals surface area (Å²) in [6.07, 6.45) is -11.4. The number of fused-ring (bicyclic) bond motifs is 3. The highest BCUT2D eigenvalue weighted by Gasteiger charge is 2.33. The Kier molecular flexibility index (Phi) is 13.8. The summed E-state index contributed by atoms with van der Waals surface area (Å²) in [6, 6.07) is 7.87. The minimum absolute atomic E-state index is 0.00265. The Morgan fingerprint density at radius 1 is 0.614 bits per heavy atom. The predicted octanol–water partition coefficient (Wildman–Crippen LogP) is 5.62. The number of benzene rings is 3. The van der Waals surface area contributed by atoms with E-state index in [0.29, 0.717) is 11.4 Å². The number of halogens is 10.